The molecule has 3 aromatic carbocycles. The maximum atomic E-state index is 13.7. The van der Waals surface area contributed by atoms with Gasteiger partial charge in [0.2, 0.25) is 11.8 Å². The number of benzene rings is 3. The van der Waals surface area contributed by atoms with Gasteiger partial charge in [0.05, 0.1) is 6.42 Å². The van der Waals surface area contributed by atoms with Crippen LogP contribution in [0.15, 0.2) is 72.8 Å². The van der Waals surface area contributed by atoms with Gasteiger partial charge in [-0.2, -0.15) is 0 Å². The van der Waals surface area contributed by atoms with E-state index in [4.69, 9.17) is 23.2 Å². The Labute approximate surface area is 218 Å². The van der Waals surface area contributed by atoms with Crippen molar-refractivity contribution in [2.45, 2.75) is 58.7 Å². The van der Waals surface area contributed by atoms with Gasteiger partial charge in [0.1, 0.15) is 6.04 Å². The summed E-state index contributed by atoms with van der Waals surface area (Å²) in [7, 11) is 0. The highest BCUT2D eigenvalue weighted by molar-refractivity contribution is 6.35. The molecule has 0 aliphatic rings. The van der Waals surface area contributed by atoms with Crippen molar-refractivity contribution in [3.63, 3.8) is 0 Å². The van der Waals surface area contributed by atoms with Gasteiger partial charge in [0.15, 0.2) is 0 Å². The van der Waals surface area contributed by atoms with Crippen LogP contribution in [0.4, 0.5) is 0 Å². The van der Waals surface area contributed by atoms with E-state index in [1.165, 1.54) is 0 Å². The number of halogens is 2. The summed E-state index contributed by atoms with van der Waals surface area (Å²) in [6, 6.07) is 22.1. The molecule has 0 spiro atoms. The van der Waals surface area contributed by atoms with Crippen LogP contribution in [0, 0.1) is 6.92 Å². The molecule has 6 heteroatoms. The van der Waals surface area contributed by atoms with Crippen molar-refractivity contribution in [2.24, 2.45) is 0 Å². The van der Waals surface area contributed by atoms with E-state index in [-0.39, 0.29) is 30.8 Å². The van der Waals surface area contributed by atoms with E-state index < -0.39 is 6.04 Å². The molecule has 0 aliphatic heterocycles. The second-order valence-electron chi connectivity index (χ2n) is 8.94. The van der Waals surface area contributed by atoms with Crippen molar-refractivity contribution >= 4 is 35.0 Å². The molecule has 0 saturated carbocycles. The predicted octanol–water partition coefficient (Wildman–Crippen LogP) is 6.40. The number of carbonyl (C=O) groups excluding carboxylic acids is 2. The lowest BCUT2D eigenvalue weighted by atomic mass is 10.0. The quantitative estimate of drug-likeness (QED) is 0.343. The molecule has 0 fully saturated rings. The molecule has 35 heavy (non-hydrogen) atoms. The number of hydrogen-bond donors (Lipinski definition) is 1. The Hall–Kier alpha value is -2.82. The number of nitrogens with zero attached hydrogens (tertiary/aromatic N) is 1. The number of carbonyl (C=O) groups is 2. The summed E-state index contributed by atoms with van der Waals surface area (Å²) >= 11 is 12.6. The average Bonchev–Trinajstić information content (AvgIpc) is 2.84. The lowest BCUT2D eigenvalue weighted by Crippen LogP contribution is -2.52. The number of hydrogen-bond acceptors (Lipinski definition) is 2. The van der Waals surface area contributed by atoms with Crippen LogP contribution in [0.2, 0.25) is 10.0 Å². The van der Waals surface area contributed by atoms with Gasteiger partial charge in [-0.25, -0.2) is 0 Å². The van der Waals surface area contributed by atoms with Gasteiger partial charge in [0.25, 0.3) is 0 Å². The van der Waals surface area contributed by atoms with Gasteiger partial charge in [-0.05, 0) is 49.1 Å². The summed E-state index contributed by atoms with van der Waals surface area (Å²) in [4.78, 5) is 28.9. The molecule has 0 aliphatic carbocycles. The van der Waals surface area contributed by atoms with Crippen molar-refractivity contribution in [1.29, 1.82) is 0 Å². The zero-order valence-electron chi connectivity index (χ0n) is 20.4. The molecule has 0 saturated heterocycles. The molecule has 0 bridgehead atoms. The van der Waals surface area contributed by atoms with E-state index >= 15 is 0 Å². The van der Waals surface area contributed by atoms with Crippen molar-refractivity contribution in [1.82, 2.24) is 10.2 Å². The molecule has 3 rings (SSSR count). The highest BCUT2D eigenvalue weighted by Crippen LogP contribution is 2.24. The third-order valence-electron chi connectivity index (χ3n) is 6.10. The summed E-state index contributed by atoms with van der Waals surface area (Å²) in [5.41, 5.74) is 3.74. The first-order chi connectivity index (χ1) is 16.8. The van der Waals surface area contributed by atoms with Gasteiger partial charge in [-0.1, -0.05) is 96.4 Å². The monoisotopic (exact) mass is 510 g/mol. The summed E-state index contributed by atoms with van der Waals surface area (Å²) < 4.78 is 0. The van der Waals surface area contributed by atoms with Crippen molar-refractivity contribution in [2.75, 3.05) is 0 Å². The van der Waals surface area contributed by atoms with E-state index in [0.29, 0.717) is 16.5 Å². The molecule has 0 radical (unpaired) electrons. The third kappa shape index (κ3) is 7.84. The van der Waals surface area contributed by atoms with E-state index in [1.807, 2.05) is 81.4 Å². The molecule has 2 amide bonds. The van der Waals surface area contributed by atoms with Crippen LogP contribution < -0.4 is 5.32 Å². The molecular weight excluding hydrogens is 479 g/mol. The normalized spacial score (nSPS) is 12.6. The van der Waals surface area contributed by atoms with E-state index in [1.54, 1.807) is 17.0 Å². The molecule has 4 nitrogen and oxygen atoms in total. The Bertz CT molecular complexity index is 1130. The van der Waals surface area contributed by atoms with Crippen molar-refractivity contribution < 1.29 is 9.59 Å². The molecule has 0 aromatic heterocycles. The summed E-state index contributed by atoms with van der Waals surface area (Å²) in [6.45, 7) is 6.19. The summed E-state index contributed by atoms with van der Waals surface area (Å²) in [6.07, 6.45) is 1.38. The standard InChI is InChI=1S/C29H32Cl2N2O2/c1-4-21(3)32-29(35)27(16-22-8-6-5-7-9-22)33(19-24-14-15-25(30)18-26(24)31)28(34)17-23-12-10-20(2)11-13-23/h5-15,18,21,27H,4,16-17,19H2,1-3H3,(H,32,35)/t21-,27+/m1/s1. The van der Waals surface area contributed by atoms with Crippen LogP contribution in [0.5, 0.6) is 0 Å². The fourth-order valence-electron chi connectivity index (χ4n) is 3.81. The lowest BCUT2D eigenvalue weighted by Gasteiger charge is -2.32. The predicted molar refractivity (Wildman–Crippen MR) is 144 cm³/mol. The topological polar surface area (TPSA) is 49.4 Å². The Kier molecular flexibility index (Phi) is 9.76. The minimum atomic E-state index is -0.698. The number of rotatable bonds is 10. The molecular formula is C29H32Cl2N2O2. The van der Waals surface area contributed by atoms with Crippen LogP contribution in [0.1, 0.15) is 42.5 Å². The molecule has 3 aromatic rings. The third-order valence-corrected chi connectivity index (χ3v) is 6.69. The summed E-state index contributed by atoms with van der Waals surface area (Å²) in [5, 5.41) is 4.06. The smallest absolute Gasteiger partial charge is 0.243 e. The van der Waals surface area contributed by atoms with Gasteiger partial charge in [-0.3, -0.25) is 9.59 Å². The number of amides is 2. The van der Waals surface area contributed by atoms with Crippen LogP contribution in [-0.4, -0.2) is 28.8 Å². The Morgan fingerprint density at radius 1 is 0.943 bits per heavy atom. The van der Waals surface area contributed by atoms with Crippen molar-refractivity contribution in [3.05, 3.63) is 105 Å². The van der Waals surface area contributed by atoms with Crippen LogP contribution >= 0.6 is 23.2 Å². The first-order valence-electron chi connectivity index (χ1n) is 11.9. The Morgan fingerprint density at radius 2 is 1.63 bits per heavy atom. The van der Waals surface area contributed by atoms with Crippen LogP contribution in [0.25, 0.3) is 0 Å². The van der Waals surface area contributed by atoms with E-state index in [9.17, 15) is 9.59 Å². The zero-order chi connectivity index (χ0) is 25.4. The second kappa shape index (κ2) is 12.8. The molecule has 0 unspecified atom stereocenters. The van der Waals surface area contributed by atoms with Gasteiger partial charge in [0, 0.05) is 29.1 Å². The van der Waals surface area contributed by atoms with Gasteiger partial charge in [-0.15, -0.1) is 0 Å². The minimum Gasteiger partial charge on any atom is -0.352 e. The first kappa shape index (κ1) is 26.8. The molecule has 184 valence electrons. The maximum absolute atomic E-state index is 13.7. The Morgan fingerprint density at radius 3 is 2.26 bits per heavy atom. The summed E-state index contributed by atoms with van der Waals surface area (Å²) in [5.74, 6) is -0.314. The van der Waals surface area contributed by atoms with Crippen LogP contribution in [0.3, 0.4) is 0 Å². The molecule has 0 heterocycles. The minimum absolute atomic E-state index is 0.00561. The second-order valence-corrected chi connectivity index (χ2v) is 9.79. The van der Waals surface area contributed by atoms with Gasteiger partial charge >= 0.3 is 0 Å². The molecule has 2 atom stereocenters. The average molecular weight is 511 g/mol. The Balaban J connectivity index is 1.99. The van der Waals surface area contributed by atoms with Crippen LogP contribution in [-0.2, 0) is 29.0 Å². The highest BCUT2D eigenvalue weighted by Gasteiger charge is 2.31. The van der Waals surface area contributed by atoms with E-state index in [2.05, 4.69) is 5.32 Å². The maximum Gasteiger partial charge on any atom is 0.243 e. The molecule has 1 N–H and O–H groups in total. The highest BCUT2D eigenvalue weighted by atomic mass is 35.5. The SMILES string of the molecule is CC[C@@H](C)NC(=O)[C@H](Cc1ccccc1)N(Cc1ccc(Cl)cc1Cl)C(=O)Cc1ccc(C)cc1. The van der Waals surface area contributed by atoms with E-state index in [0.717, 1.165) is 28.7 Å². The first-order valence-corrected chi connectivity index (χ1v) is 12.7. The number of aryl methyl sites for hydroxylation is 1. The fraction of sp³-hybridized carbons (Fsp3) is 0.310. The van der Waals surface area contributed by atoms with Gasteiger partial charge < -0.3 is 10.2 Å². The van der Waals surface area contributed by atoms with Crippen molar-refractivity contribution in [3.8, 4) is 0 Å². The number of nitrogens with one attached hydrogen (secondary N) is 1. The zero-order valence-corrected chi connectivity index (χ0v) is 21.9. The lowest BCUT2D eigenvalue weighted by molar-refractivity contribution is -0.141. The largest absolute Gasteiger partial charge is 0.352 e. The fourth-order valence-corrected chi connectivity index (χ4v) is 4.28.